The summed E-state index contributed by atoms with van der Waals surface area (Å²) in [5.41, 5.74) is 2.18. The number of fused-ring (bicyclic) bond motifs is 1. The van der Waals surface area contributed by atoms with E-state index in [0.29, 0.717) is 22.7 Å². The van der Waals surface area contributed by atoms with Gasteiger partial charge in [-0.3, -0.25) is 0 Å². The van der Waals surface area contributed by atoms with Crippen molar-refractivity contribution in [1.82, 2.24) is 5.32 Å². The molecule has 2 nitrogen and oxygen atoms in total. The van der Waals surface area contributed by atoms with Crippen molar-refractivity contribution in [2.45, 2.75) is 39.5 Å². The highest BCUT2D eigenvalue weighted by atomic mass is 35.5. The molecule has 0 radical (unpaired) electrons. The van der Waals surface area contributed by atoms with E-state index in [9.17, 15) is 0 Å². The third-order valence-corrected chi connectivity index (χ3v) is 5.35. The molecule has 3 aromatic rings. The van der Waals surface area contributed by atoms with Crippen LogP contribution in [0.15, 0.2) is 54.6 Å². The van der Waals surface area contributed by atoms with Crippen molar-refractivity contribution in [3.8, 4) is 5.75 Å². The molecule has 26 heavy (non-hydrogen) atoms. The van der Waals surface area contributed by atoms with Crippen molar-refractivity contribution < 1.29 is 4.74 Å². The first-order valence-electron chi connectivity index (χ1n) is 8.89. The predicted octanol–water partition coefficient (Wildman–Crippen LogP) is 6.61. The van der Waals surface area contributed by atoms with E-state index in [0.717, 1.165) is 24.3 Å². The van der Waals surface area contributed by atoms with E-state index in [1.54, 1.807) is 6.07 Å². The van der Waals surface area contributed by atoms with Crippen LogP contribution >= 0.6 is 23.2 Å². The third-order valence-electron chi connectivity index (χ3n) is 4.62. The summed E-state index contributed by atoms with van der Waals surface area (Å²) in [6.07, 6.45) is 1.09. The molecule has 0 fully saturated rings. The van der Waals surface area contributed by atoms with Gasteiger partial charge in [-0.05, 0) is 47.9 Å². The molecule has 0 spiro atoms. The lowest BCUT2D eigenvalue weighted by atomic mass is 10.0. The average molecular weight is 388 g/mol. The quantitative estimate of drug-likeness (QED) is 0.491. The molecule has 0 unspecified atom stereocenters. The van der Waals surface area contributed by atoms with Gasteiger partial charge in [0, 0.05) is 18.2 Å². The molecule has 0 aliphatic rings. The van der Waals surface area contributed by atoms with Gasteiger partial charge in [-0.2, -0.15) is 0 Å². The zero-order valence-corrected chi connectivity index (χ0v) is 16.6. The fraction of sp³-hybridized carbons (Fsp3) is 0.273. The molecule has 3 aromatic carbocycles. The lowest BCUT2D eigenvalue weighted by Crippen LogP contribution is -2.24. The zero-order chi connectivity index (χ0) is 18.5. The number of ether oxygens (including phenoxy) is 1. The SMILES string of the molecule is CC[C@H](C)NCc1c(OCc2ccc(Cl)c(Cl)c2)ccc2ccccc12. The highest BCUT2D eigenvalue weighted by Crippen LogP contribution is 2.29. The Bertz CT molecular complexity index is 894. The van der Waals surface area contributed by atoms with Crippen molar-refractivity contribution in [1.29, 1.82) is 0 Å². The van der Waals surface area contributed by atoms with Gasteiger partial charge in [-0.1, -0.05) is 66.5 Å². The highest BCUT2D eigenvalue weighted by molar-refractivity contribution is 6.42. The number of nitrogens with one attached hydrogen (secondary N) is 1. The standard InChI is InChI=1S/C22H23Cl2NO/c1-3-15(2)25-13-19-18-7-5-4-6-17(18)9-11-22(19)26-14-16-8-10-20(23)21(24)12-16/h4-12,15,25H,3,13-14H2,1-2H3/t15-/m0/s1. The summed E-state index contributed by atoms with van der Waals surface area (Å²) >= 11 is 12.1. The van der Waals surface area contributed by atoms with E-state index in [2.05, 4.69) is 49.5 Å². The maximum atomic E-state index is 6.15. The summed E-state index contributed by atoms with van der Waals surface area (Å²) in [5, 5.41) is 7.11. The fourth-order valence-electron chi connectivity index (χ4n) is 2.84. The van der Waals surface area contributed by atoms with Gasteiger partial charge in [-0.25, -0.2) is 0 Å². The Hall–Kier alpha value is -1.74. The molecular weight excluding hydrogens is 365 g/mol. The summed E-state index contributed by atoms with van der Waals surface area (Å²) in [7, 11) is 0. The van der Waals surface area contributed by atoms with Crippen LogP contribution in [0.25, 0.3) is 10.8 Å². The summed E-state index contributed by atoms with van der Waals surface area (Å²) in [6, 6.07) is 18.6. The van der Waals surface area contributed by atoms with Crippen LogP contribution in [0.1, 0.15) is 31.4 Å². The number of rotatable bonds is 7. The summed E-state index contributed by atoms with van der Waals surface area (Å²) in [5.74, 6) is 0.894. The van der Waals surface area contributed by atoms with Crippen molar-refractivity contribution >= 4 is 34.0 Å². The zero-order valence-electron chi connectivity index (χ0n) is 15.1. The second-order valence-electron chi connectivity index (χ2n) is 6.49. The minimum absolute atomic E-state index is 0.450. The first-order valence-corrected chi connectivity index (χ1v) is 9.64. The minimum atomic E-state index is 0.450. The topological polar surface area (TPSA) is 21.3 Å². The first kappa shape index (κ1) is 19.0. The number of benzene rings is 3. The number of hydrogen-bond donors (Lipinski definition) is 1. The van der Waals surface area contributed by atoms with Gasteiger partial charge in [0.05, 0.1) is 10.0 Å². The van der Waals surface area contributed by atoms with Crippen molar-refractivity contribution in [3.63, 3.8) is 0 Å². The van der Waals surface area contributed by atoms with E-state index < -0.39 is 0 Å². The predicted molar refractivity (Wildman–Crippen MR) is 111 cm³/mol. The third kappa shape index (κ3) is 4.50. The lowest BCUT2D eigenvalue weighted by Gasteiger charge is -2.17. The molecule has 0 bridgehead atoms. The molecule has 0 amide bonds. The molecule has 0 saturated carbocycles. The van der Waals surface area contributed by atoms with E-state index in [-0.39, 0.29) is 0 Å². The molecule has 1 N–H and O–H groups in total. The maximum absolute atomic E-state index is 6.15. The fourth-order valence-corrected chi connectivity index (χ4v) is 3.17. The molecule has 3 rings (SSSR count). The van der Waals surface area contributed by atoms with Crippen molar-refractivity contribution in [2.24, 2.45) is 0 Å². The van der Waals surface area contributed by atoms with E-state index >= 15 is 0 Å². The van der Waals surface area contributed by atoms with Gasteiger partial charge in [0.2, 0.25) is 0 Å². The number of hydrogen-bond acceptors (Lipinski definition) is 2. The molecule has 0 aliphatic carbocycles. The largest absolute Gasteiger partial charge is 0.489 e. The Morgan fingerprint density at radius 3 is 2.58 bits per heavy atom. The molecule has 0 aromatic heterocycles. The van der Waals surface area contributed by atoms with Crippen LogP contribution in [0.4, 0.5) is 0 Å². The molecule has 136 valence electrons. The van der Waals surface area contributed by atoms with Crippen LogP contribution in [-0.4, -0.2) is 6.04 Å². The Morgan fingerprint density at radius 2 is 1.81 bits per heavy atom. The van der Waals surface area contributed by atoms with Crippen molar-refractivity contribution in [3.05, 3.63) is 75.8 Å². The van der Waals surface area contributed by atoms with Crippen molar-refractivity contribution in [2.75, 3.05) is 0 Å². The van der Waals surface area contributed by atoms with E-state index in [1.165, 1.54) is 16.3 Å². The molecule has 0 saturated heterocycles. The Morgan fingerprint density at radius 1 is 1.00 bits per heavy atom. The van der Waals surface area contributed by atoms with Gasteiger partial charge in [0.1, 0.15) is 12.4 Å². The monoisotopic (exact) mass is 387 g/mol. The first-order chi connectivity index (χ1) is 12.6. The van der Waals surface area contributed by atoms with Crippen LogP contribution in [0.2, 0.25) is 10.0 Å². The minimum Gasteiger partial charge on any atom is -0.489 e. The molecule has 1 atom stereocenters. The smallest absolute Gasteiger partial charge is 0.124 e. The van der Waals surface area contributed by atoms with E-state index in [1.807, 2.05) is 18.2 Å². The second kappa shape index (κ2) is 8.77. The van der Waals surface area contributed by atoms with Gasteiger partial charge >= 0.3 is 0 Å². The van der Waals surface area contributed by atoms with Crippen LogP contribution < -0.4 is 10.1 Å². The van der Waals surface area contributed by atoms with Crippen LogP contribution in [0.3, 0.4) is 0 Å². The molecule has 0 heterocycles. The Labute approximate surface area is 165 Å². The molecule has 4 heteroatoms. The van der Waals surface area contributed by atoms with Crippen LogP contribution in [0, 0.1) is 0 Å². The normalized spacial score (nSPS) is 12.3. The molecule has 0 aliphatic heterocycles. The second-order valence-corrected chi connectivity index (χ2v) is 7.31. The Kier molecular flexibility index (Phi) is 6.42. The summed E-state index contributed by atoms with van der Waals surface area (Å²) in [6.45, 7) is 5.60. The van der Waals surface area contributed by atoms with Crippen LogP contribution in [-0.2, 0) is 13.2 Å². The highest BCUT2D eigenvalue weighted by Gasteiger charge is 2.11. The van der Waals surface area contributed by atoms with Crippen LogP contribution in [0.5, 0.6) is 5.75 Å². The number of halogens is 2. The lowest BCUT2D eigenvalue weighted by molar-refractivity contribution is 0.302. The van der Waals surface area contributed by atoms with Gasteiger partial charge in [-0.15, -0.1) is 0 Å². The van der Waals surface area contributed by atoms with Gasteiger partial charge in [0.15, 0.2) is 0 Å². The average Bonchev–Trinajstić information content (AvgIpc) is 2.67. The maximum Gasteiger partial charge on any atom is 0.124 e. The Balaban J connectivity index is 1.87. The van der Waals surface area contributed by atoms with Gasteiger partial charge in [0.25, 0.3) is 0 Å². The molecular formula is C22H23Cl2NO. The van der Waals surface area contributed by atoms with Gasteiger partial charge < -0.3 is 10.1 Å². The van der Waals surface area contributed by atoms with E-state index in [4.69, 9.17) is 27.9 Å². The summed E-state index contributed by atoms with van der Waals surface area (Å²) in [4.78, 5) is 0. The summed E-state index contributed by atoms with van der Waals surface area (Å²) < 4.78 is 6.15.